The molecule has 2 aromatic rings. The van der Waals surface area contributed by atoms with E-state index < -0.39 is 0 Å². The fourth-order valence-electron chi connectivity index (χ4n) is 3.33. The van der Waals surface area contributed by atoms with Gasteiger partial charge in [0, 0.05) is 48.9 Å². The van der Waals surface area contributed by atoms with Gasteiger partial charge in [0.25, 0.3) is 0 Å². The van der Waals surface area contributed by atoms with Gasteiger partial charge in [0.05, 0.1) is 7.11 Å². The highest BCUT2D eigenvalue weighted by Gasteiger charge is 2.31. The summed E-state index contributed by atoms with van der Waals surface area (Å²) < 4.78 is 15.8. The van der Waals surface area contributed by atoms with Gasteiger partial charge >= 0.3 is 6.03 Å². The Balaban J connectivity index is 1.31. The van der Waals surface area contributed by atoms with E-state index in [9.17, 15) is 9.59 Å². The second-order valence-corrected chi connectivity index (χ2v) is 6.68. The third kappa shape index (κ3) is 3.80. The normalized spacial score (nSPS) is 17.5. The van der Waals surface area contributed by atoms with Gasteiger partial charge in [0.15, 0.2) is 11.5 Å². The lowest BCUT2D eigenvalue weighted by Crippen LogP contribution is -2.34. The molecule has 4 rings (SSSR count). The van der Waals surface area contributed by atoms with E-state index >= 15 is 0 Å². The smallest absolute Gasteiger partial charge is 0.319 e. The monoisotopic (exact) mass is 383 g/mol. The van der Waals surface area contributed by atoms with Gasteiger partial charge in [-0.1, -0.05) is 6.07 Å². The first-order valence-corrected chi connectivity index (χ1v) is 9.01. The number of hydrogen-bond acceptors (Lipinski definition) is 5. The fraction of sp³-hybridized carbons (Fsp3) is 0.300. The molecule has 0 aliphatic carbocycles. The molecule has 0 aromatic heterocycles. The number of carbonyl (C=O) groups excluding carboxylic acids is 2. The molecular formula is C20H21N3O5. The van der Waals surface area contributed by atoms with Gasteiger partial charge in [0.1, 0.15) is 5.75 Å². The number of carbonyl (C=O) groups is 2. The standard InChI is InChI=1S/C20H21N3O5/c1-26-16-4-2-3-14(8-16)22-20(25)21-10-13-7-19(24)23(11-13)15-5-6-17-18(9-15)28-12-27-17/h2-6,8-9,13H,7,10-12H2,1H3,(H2,21,22,25)/t13-/m1/s1. The maximum absolute atomic E-state index is 12.4. The van der Waals surface area contributed by atoms with E-state index in [4.69, 9.17) is 14.2 Å². The molecule has 8 nitrogen and oxygen atoms in total. The molecule has 0 unspecified atom stereocenters. The lowest BCUT2D eigenvalue weighted by atomic mass is 10.1. The van der Waals surface area contributed by atoms with Crippen molar-refractivity contribution in [3.63, 3.8) is 0 Å². The summed E-state index contributed by atoms with van der Waals surface area (Å²) in [5.41, 5.74) is 1.42. The Kier molecular flexibility index (Phi) is 4.92. The average molecular weight is 383 g/mol. The fourth-order valence-corrected chi connectivity index (χ4v) is 3.33. The van der Waals surface area contributed by atoms with Crippen LogP contribution in [0, 0.1) is 5.92 Å². The van der Waals surface area contributed by atoms with Gasteiger partial charge in [-0.3, -0.25) is 4.79 Å². The molecule has 2 aliphatic rings. The Labute approximate surface area is 162 Å². The van der Waals surface area contributed by atoms with Crippen molar-refractivity contribution >= 4 is 23.3 Å². The summed E-state index contributed by atoms with van der Waals surface area (Å²) in [6.45, 7) is 1.14. The topological polar surface area (TPSA) is 89.1 Å². The molecular weight excluding hydrogens is 362 g/mol. The Morgan fingerprint density at radius 3 is 2.93 bits per heavy atom. The molecule has 1 saturated heterocycles. The molecule has 1 fully saturated rings. The predicted molar refractivity (Wildman–Crippen MR) is 103 cm³/mol. The first-order chi connectivity index (χ1) is 13.6. The van der Waals surface area contributed by atoms with Crippen LogP contribution in [-0.4, -0.2) is 38.9 Å². The van der Waals surface area contributed by atoms with Crippen LogP contribution >= 0.6 is 0 Å². The van der Waals surface area contributed by atoms with E-state index in [0.29, 0.717) is 42.4 Å². The number of ether oxygens (including phenoxy) is 3. The van der Waals surface area contributed by atoms with Crippen LogP contribution in [0.2, 0.25) is 0 Å². The second-order valence-electron chi connectivity index (χ2n) is 6.68. The quantitative estimate of drug-likeness (QED) is 0.829. The molecule has 0 spiro atoms. The van der Waals surface area contributed by atoms with Gasteiger partial charge in [-0.05, 0) is 24.3 Å². The van der Waals surface area contributed by atoms with Crippen LogP contribution in [0.3, 0.4) is 0 Å². The maximum atomic E-state index is 12.4. The third-order valence-electron chi connectivity index (χ3n) is 4.75. The molecule has 8 heteroatoms. The van der Waals surface area contributed by atoms with Crippen LogP contribution in [-0.2, 0) is 4.79 Å². The van der Waals surface area contributed by atoms with E-state index in [2.05, 4.69) is 10.6 Å². The summed E-state index contributed by atoms with van der Waals surface area (Å²) in [5, 5.41) is 5.59. The molecule has 3 amide bonds. The summed E-state index contributed by atoms with van der Waals surface area (Å²) in [6.07, 6.45) is 0.383. The van der Waals surface area contributed by atoms with Crippen molar-refractivity contribution in [2.24, 2.45) is 5.92 Å². The van der Waals surface area contributed by atoms with Gasteiger partial charge in [0.2, 0.25) is 12.7 Å². The van der Waals surface area contributed by atoms with E-state index in [1.165, 1.54) is 0 Å². The van der Waals surface area contributed by atoms with Gasteiger partial charge in [-0.2, -0.15) is 0 Å². The predicted octanol–water partition coefficient (Wildman–Crippen LogP) is 2.60. The SMILES string of the molecule is COc1cccc(NC(=O)NC[C@H]2CC(=O)N(c3ccc4c(c3)OCO4)C2)c1. The Bertz CT molecular complexity index is 901. The van der Waals surface area contributed by atoms with Crippen molar-refractivity contribution in [3.05, 3.63) is 42.5 Å². The van der Waals surface area contributed by atoms with Crippen LogP contribution in [0.5, 0.6) is 17.2 Å². The molecule has 2 aliphatic heterocycles. The summed E-state index contributed by atoms with van der Waals surface area (Å²) >= 11 is 0. The number of nitrogens with zero attached hydrogens (tertiary/aromatic N) is 1. The Morgan fingerprint density at radius 1 is 1.21 bits per heavy atom. The summed E-state index contributed by atoms with van der Waals surface area (Å²) in [4.78, 5) is 26.3. The van der Waals surface area contributed by atoms with Crippen molar-refractivity contribution in [1.82, 2.24) is 5.32 Å². The highest BCUT2D eigenvalue weighted by Crippen LogP contribution is 2.37. The average Bonchev–Trinajstić information content (AvgIpc) is 3.32. The highest BCUT2D eigenvalue weighted by atomic mass is 16.7. The minimum absolute atomic E-state index is 0.0267. The van der Waals surface area contributed by atoms with Crippen molar-refractivity contribution in [2.75, 3.05) is 37.2 Å². The van der Waals surface area contributed by atoms with Crippen LogP contribution in [0.25, 0.3) is 0 Å². The number of rotatable bonds is 5. The Morgan fingerprint density at radius 2 is 2.07 bits per heavy atom. The lowest BCUT2D eigenvalue weighted by Gasteiger charge is -2.17. The molecule has 28 heavy (non-hydrogen) atoms. The van der Waals surface area contributed by atoms with Crippen LogP contribution in [0.4, 0.5) is 16.2 Å². The van der Waals surface area contributed by atoms with Crippen molar-refractivity contribution in [3.8, 4) is 17.2 Å². The largest absolute Gasteiger partial charge is 0.497 e. The van der Waals surface area contributed by atoms with Gasteiger partial charge < -0.3 is 29.7 Å². The minimum Gasteiger partial charge on any atom is -0.497 e. The first-order valence-electron chi connectivity index (χ1n) is 9.01. The number of urea groups is 1. The number of fused-ring (bicyclic) bond motifs is 1. The maximum Gasteiger partial charge on any atom is 0.319 e. The molecule has 0 saturated carbocycles. The molecule has 1 atom stereocenters. The van der Waals surface area contributed by atoms with Crippen molar-refractivity contribution in [1.29, 1.82) is 0 Å². The second kappa shape index (κ2) is 7.67. The summed E-state index contributed by atoms with van der Waals surface area (Å²) in [7, 11) is 1.57. The van der Waals surface area contributed by atoms with Crippen LogP contribution in [0.1, 0.15) is 6.42 Å². The third-order valence-corrected chi connectivity index (χ3v) is 4.75. The zero-order chi connectivity index (χ0) is 19.5. The number of methoxy groups -OCH3 is 1. The lowest BCUT2D eigenvalue weighted by molar-refractivity contribution is -0.117. The van der Waals surface area contributed by atoms with Crippen molar-refractivity contribution < 1.29 is 23.8 Å². The highest BCUT2D eigenvalue weighted by molar-refractivity contribution is 5.96. The number of amides is 3. The van der Waals surface area contributed by atoms with Crippen LogP contribution < -0.4 is 29.7 Å². The first kappa shape index (κ1) is 18.0. The van der Waals surface area contributed by atoms with Gasteiger partial charge in [-0.25, -0.2) is 4.79 Å². The number of anilines is 2. The molecule has 0 bridgehead atoms. The van der Waals surface area contributed by atoms with E-state index in [1.807, 2.05) is 12.1 Å². The molecule has 0 radical (unpaired) electrons. The molecule has 146 valence electrons. The summed E-state index contributed by atoms with van der Waals surface area (Å²) in [5.74, 6) is 2.05. The van der Waals surface area contributed by atoms with Crippen molar-refractivity contribution in [2.45, 2.75) is 6.42 Å². The van der Waals surface area contributed by atoms with Crippen LogP contribution in [0.15, 0.2) is 42.5 Å². The zero-order valence-electron chi connectivity index (χ0n) is 15.4. The number of benzene rings is 2. The van der Waals surface area contributed by atoms with E-state index in [1.54, 1.807) is 42.3 Å². The molecule has 2 heterocycles. The van der Waals surface area contributed by atoms with E-state index in [-0.39, 0.29) is 24.6 Å². The number of hydrogen-bond donors (Lipinski definition) is 2. The summed E-state index contributed by atoms with van der Waals surface area (Å²) in [6, 6.07) is 12.3. The minimum atomic E-state index is -0.317. The number of nitrogens with one attached hydrogen (secondary N) is 2. The zero-order valence-corrected chi connectivity index (χ0v) is 15.4. The van der Waals surface area contributed by atoms with E-state index in [0.717, 1.165) is 5.69 Å². The molecule has 2 aromatic carbocycles. The Hall–Kier alpha value is -3.42. The molecule has 2 N–H and O–H groups in total. The van der Waals surface area contributed by atoms with Gasteiger partial charge in [-0.15, -0.1) is 0 Å².